The Kier molecular flexibility index (Phi) is 2.26. The molecule has 3 aliphatic rings. The molecule has 3 fully saturated rings. The van der Waals surface area contributed by atoms with E-state index in [1.54, 1.807) is 0 Å². The third-order valence-electron chi connectivity index (χ3n) is 3.12. The molecule has 0 unspecified atom stereocenters. The highest BCUT2D eigenvalue weighted by atomic mass is 16.4. The molecule has 2 bridgehead atoms. The van der Waals surface area contributed by atoms with Gasteiger partial charge in [0.1, 0.15) is 11.6 Å². The van der Waals surface area contributed by atoms with Gasteiger partial charge >= 0.3 is 5.97 Å². The van der Waals surface area contributed by atoms with Crippen LogP contribution in [-0.2, 0) is 4.79 Å². The van der Waals surface area contributed by atoms with Gasteiger partial charge in [-0.25, -0.2) is 4.79 Å². The summed E-state index contributed by atoms with van der Waals surface area (Å²) < 4.78 is 0. The highest BCUT2D eigenvalue weighted by molar-refractivity contribution is 5.92. The summed E-state index contributed by atoms with van der Waals surface area (Å²) in [6, 6.07) is 1.81. The summed E-state index contributed by atoms with van der Waals surface area (Å²) in [6.45, 7) is 2.78. The zero-order chi connectivity index (χ0) is 10.1. The van der Waals surface area contributed by atoms with Crippen LogP contribution >= 0.6 is 0 Å². The van der Waals surface area contributed by atoms with Gasteiger partial charge in [0.2, 0.25) is 0 Å². The highest BCUT2D eigenvalue weighted by Crippen LogP contribution is 2.33. The summed E-state index contributed by atoms with van der Waals surface area (Å²) in [5, 5.41) is 17.6. The number of carbonyl (C=O) groups is 1. The Bertz CT molecular complexity index is 333. The molecular weight excluding hydrogens is 180 g/mol. The van der Waals surface area contributed by atoms with E-state index in [4.69, 9.17) is 10.4 Å². The monoisotopic (exact) mass is 192 g/mol. The number of piperidine rings is 3. The molecule has 74 valence electrons. The second-order valence-corrected chi connectivity index (χ2v) is 3.87. The van der Waals surface area contributed by atoms with Crippen LogP contribution in [-0.4, -0.2) is 35.6 Å². The van der Waals surface area contributed by atoms with Crippen LogP contribution in [0.4, 0.5) is 0 Å². The molecule has 0 aliphatic carbocycles. The van der Waals surface area contributed by atoms with Crippen LogP contribution in [0, 0.1) is 17.2 Å². The van der Waals surface area contributed by atoms with E-state index in [0.29, 0.717) is 12.5 Å². The van der Waals surface area contributed by atoms with Crippen LogP contribution in [0.2, 0.25) is 0 Å². The van der Waals surface area contributed by atoms with E-state index in [0.717, 1.165) is 31.5 Å². The Hall–Kier alpha value is -1.34. The Labute approximate surface area is 82.4 Å². The van der Waals surface area contributed by atoms with Gasteiger partial charge in [0.05, 0.1) is 0 Å². The lowest BCUT2D eigenvalue weighted by Crippen LogP contribution is -2.43. The van der Waals surface area contributed by atoms with Crippen molar-refractivity contribution in [1.82, 2.24) is 4.90 Å². The molecule has 0 spiro atoms. The molecule has 3 saturated heterocycles. The first-order chi connectivity index (χ1) is 6.72. The lowest BCUT2D eigenvalue weighted by Gasteiger charge is -2.41. The van der Waals surface area contributed by atoms with Gasteiger partial charge in [-0.3, -0.25) is 4.90 Å². The number of rotatable bonds is 1. The smallest absolute Gasteiger partial charge is 0.346 e. The summed E-state index contributed by atoms with van der Waals surface area (Å²) in [6.07, 6.45) is 2.02. The molecule has 0 amide bonds. The molecule has 0 saturated carbocycles. The van der Waals surface area contributed by atoms with Gasteiger partial charge in [0, 0.05) is 6.54 Å². The molecule has 0 aromatic rings. The Morgan fingerprint density at radius 3 is 2.50 bits per heavy atom. The minimum atomic E-state index is -1.07. The Morgan fingerprint density at radius 2 is 2.14 bits per heavy atom. The largest absolute Gasteiger partial charge is 0.477 e. The fourth-order valence-corrected chi connectivity index (χ4v) is 2.35. The van der Waals surface area contributed by atoms with Crippen LogP contribution in [0.5, 0.6) is 0 Å². The normalized spacial score (nSPS) is 33.6. The predicted molar refractivity (Wildman–Crippen MR) is 49.4 cm³/mol. The van der Waals surface area contributed by atoms with Crippen LogP contribution in [0.15, 0.2) is 11.1 Å². The van der Waals surface area contributed by atoms with Crippen LogP contribution in [0.25, 0.3) is 0 Å². The number of aliphatic carboxylic acids is 1. The molecule has 0 aromatic heterocycles. The molecule has 3 rings (SSSR count). The van der Waals surface area contributed by atoms with Crippen molar-refractivity contribution in [2.75, 3.05) is 19.6 Å². The predicted octanol–water partition coefficient (Wildman–Crippen LogP) is 0.617. The van der Waals surface area contributed by atoms with Crippen molar-refractivity contribution in [2.24, 2.45) is 5.92 Å². The van der Waals surface area contributed by atoms with Crippen molar-refractivity contribution in [3.63, 3.8) is 0 Å². The van der Waals surface area contributed by atoms with Crippen LogP contribution in [0.3, 0.4) is 0 Å². The van der Waals surface area contributed by atoms with Gasteiger partial charge in [-0.2, -0.15) is 5.26 Å². The van der Waals surface area contributed by atoms with Crippen molar-refractivity contribution in [3.8, 4) is 6.07 Å². The summed E-state index contributed by atoms with van der Waals surface area (Å²) >= 11 is 0. The van der Waals surface area contributed by atoms with Gasteiger partial charge in [-0.15, -0.1) is 0 Å². The number of hydrogen-bond acceptors (Lipinski definition) is 3. The van der Waals surface area contributed by atoms with Crippen LogP contribution in [0.1, 0.15) is 12.8 Å². The lowest BCUT2D eigenvalue weighted by molar-refractivity contribution is -0.132. The quantitative estimate of drug-likeness (QED) is 0.488. The van der Waals surface area contributed by atoms with Crippen molar-refractivity contribution < 1.29 is 9.90 Å². The average Bonchev–Trinajstić information content (AvgIpc) is 2.20. The minimum absolute atomic E-state index is 0.0283. The van der Waals surface area contributed by atoms with E-state index in [2.05, 4.69) is 4.90 Å². The maximum absolute atomic E-state index is 10.8. The number of hydrogen-bond donors (Lipinski definition) is 1. The number of carboxylic acids is 1. The minimum Gasteiger partial charge on any atom is -0.477 e. The van der Waals surface area contributed by atoms with Crippen molar-refractivity contribution >= 4 is 5.97 Å². The van der Waals surface area contributed by atoms with Gasteiger partial charge < -0.3 is 5.11 Å². The summed E-state index contributed by atoms with van der Waals surface area (Å²) in [4.78, 5) is 13.0. The second kappa shape index (κ2) is 3.43. The number of carboxylic acid groups (broad SMARTS) is 1. The molecule has 3 heterocycles. The van der Waals surface area contributed by atoms with E-state index in [9.17, 15) is 4.79 Å². The fraction of sp³-hybridized carbons (Fsp3) is 0.600. The molecule has 1 N–H and O–H groups in total. The van der Waals surface area contributed by atoms with Gasteiger partial charge in [-0.1, -0.05) is 0 Å². The van der Waals surface area contributed by atoms with Crippen molar-refractivity contribution in [2.45, 2.75) is 12.8 Å². The van der Waals surface area contributed by atoms with E-state index < -0.39 is 5.97 Å². The molecule has 4 nitrogen and oxygen atoms in total. The third-order valence-corrected chi connectivity index (χ3v) is 3.12. The zero-order valence-electron chi connectivity index (χ0n) is 7.86. The van der Waals surface area contributed by atoms with E-state index >= 15 is 0 Å². The second-order valence-electron chi connectivity index (χ2n) is 3.87. The first kappa shape index (κ1) is 9.22. The highest BCUT2D eigenvalue weighted by Gasteiger charge is 2.33. The third kappa shape index (κ3) is 1.40. The van der Waals surface area contributed by atoms with Gasteiger partial charge in [0.25, 0.3) is 0 Å². The standard InChI is InChI=1S/C10H12N2O2/c11-5-8(10(13)14)9-6-12-3-1-7(9)2-4-12/h7H,1-4,6H2,(H,13,14)/b9-8+. The van der Waals surface area contributed by atoms with E-state index in [1.165, 1.54) is 0 Å². The SMILES string of the molecule is N#C/C(C(=O)O)=C1/CN2CCC1CC2. The molecule has 4 heteroatoms. The Morgan fingerprint density at radius 1 is 1.50 bits per heavy atom. The number of nitriles is 1. The summed E-state index contributed by atoms with van der Waals surface area (Å²) in [5.74, 6) is -0.734. The van der Waals surface area contributed by atoms with Gasteiger partial charge in [-0.05, 0) is 37.4 Å². The van der Waals surface area contributed by atoms with Gasteiger partial charge in [0.15, 0.2) is 0 Å². The fourth-order valence-electron chi connectivity index (χ4n) is 2.35. The zero-order valence-corrected chi connectivity index (χ0v) is 7.86. The summed E-state index contributed by atoms with van der Waals surface area (Å²) in [5.41, 5.74) is 0.817. The lowest BCUT2D eigenvalue weighted by atomic mass is 9.81. The molecule has 14 heavy (non-hydrogen) atoms. The first-order valence-corrected chi connectivity index (χ1v) is 4.81. The summed E-state index contributed by atoms with van der Waals surface area (Å²) in [7, 11) is 0. The maximum atomic E-state index is 10.8. The van der Waals surface area contributed by atoms with E-state index in [1.807, 2.05) is 6.07 Å². The average molecular weight is 192 g/mol. The molecule has 0 atom stereocenters. The van der Waals surface area contributed by atoms with Crippen LogP contribution < -0.4 is 0 Å². The maximum Gasteiger partial charge on any atom is 0.346 e. The Balaban J connectivity index is 2.34. The van der Waals surface area contributed by atoms with Crippen molar-refractivity contribution in [1.29, 1.82) is 5.26 Å². The number of fused-ring (bicyclic) bond motifs is 3. The molecule has 0 radical (unpaired) electrons. The molecular formula is C10H12N2O2. The van der Waals surface area contributed by atoms with E-state index in [-0.39, 0.29) is 5.57 Å². The molecule has 0 aromatic carbocycles. The molecule has 3 aliphatic heterocycles. The van der Waals surface area contributed by atoms with Crippen molar-refractivity contribution in [3.05, 3.63) is 11.1 Å². The number of nitrogens with zero attached hydrogens (tertiary/aromatic N) is 2. The first-order valence-electron chi connectivity index (χ1n) is 4.81. The topological polar surface area (TPSA) is 64.3 Å².